The lowest BCUT2D eigenvalue weighted by Crippen LogP contribution is -2.37. The van der Waals surface area contributed by atoms with E-state index in [1.54, 1.807) is 30.3 Å². The van der Waals surface area contributed by atoms with Gasteiger partial charge < -0.3 is 14.8 Å². The molecule has 0 aliphatic rings. The fourth-order valence-corrected chi connectivity index (χ4v) is 1.68. The molecule has 0 atom stereocenters. The number of hydrogen-bond donors (Lipinski definition) is 3. The number of sulfonamides is 1. The van der Waals surface area contributed by atoms with Crippen LogP contribution in [0.3, 0.4) is 0 Å². The molecule has 0 radical (unpaired) electrons. The minimum Gasteiger partial charge on any atom is -0.476 e. The zero-order chi connectivity index (χ0) is 12.0. The smallest absolute Gasteiger partial charge is 0.467 e. The van der Waals surface area contributed by atoms with Crippen molar-refractivity contribution in [3.8, 4) is 5.75 Å². The maximum Gasteiger partial charge on any atom is 0.467 e. The normalized spacial score (nSPS) is 11.1. The summed E-state index contributed by atoms with van der Waals surface area (Å²) < 4.78 is 29.5. The average Bonchev–Trinajstić information content (AvgIpc) is 2.26. The van der Waals surface area contributed by atoms with Gasteiger partial charge in [0.1, 0.15) is 5.75 Å². The van der Waals surface area contributed by atoms with E-state index in [0.717, 1.165) is 0 Å². The van der Waals surface area contributed by atoms with E-state index in [2.05, 4.69) is 0 Å². The van der Waals surface area contributed by atoms with Crippen LogP contribution >= 0.6 is 0 Å². The summed E-state index contributed by atoms with van der Waals surface area (Å²) in [5, 5.41) is 17.0. The van der Waals surface area contributed by atoms with Gasteiger partial charge in [-0.1, -0.05) is 18.2 Å². The van der Waals surface area contributed by atoms with Crippen LogP contribution in [0.25, 0.3) is 0 Å². The fraction of sp³-hybridized carbons (Fsp3) is 0.250. The largest absolute Gasteiger partial charge is 0.476 e. The summed E-state index contributed by atoms with van der Waals surface area (Å²) in [7, 11) is -5.38. The van der Waals surface area contributed by atoms with E-state index in [4.69, 9.17) is 14.8 Å². The molecule has 0 amide bonds. The van der Waals surface area contributed by atoms with E-state index in [1.807, 2.05) is 4.72 Å². The Morgan fingerprint density at radius 2 is 1.88 bits per heavy atom. The van der Waals surface area contributed by atoms with Crippen molar-refractivity contribution in [1.29, 1.82) is 0 Å². The lowest BCUT2D eigenvalue weighted by Gasteiger charge is -2.07. The molecule has 6 nitrogen and oxygen atoms in total. The second kappa shape index (κ2) is 5.85. The van der Waals surface area contributed by atoms with Crippen LogP contribution in [-0.2, 0) is 10.0 Å². The molecule has 0 bridgehead atoms. The predicted molar refractivity (Wildman–Crippen MR) is 59.1 cm³/mol. The van der Waals surface area contributed by atoms with Crippen molar-refractivity contribution in [2.24, 2.45) is 0 Å². The Morgan fingerprint density at radius 3 is 2.44 bits per heavy atom. The van der Waals surface area contributed by atoms with Crippen LogP contribution in [0.4, 0.5) is 0 Å². The number of rotatable bonds is 6. The first-order valence-electron chi connectivity index (χ1n) is 4.51. The van der Waals surface area contributed by atoms with Crippen molar-refractivity contribution < 1.29 is 23.2 Å². The molecule has 0 aromatic heterocycles. The van der Waals surface area contributed by atoms with Crippen molar-refractivity contribution in [1.82, 2.24) is 4.72 Å². The quantitative estimate of drug-likeness (QED) is 0.556. The molecule has 0 unspecified atom stereocenters. The van der Waals surface area contributed by atoms with E-state index in [-0.39, 0.29) is 0 Å². The van der Waals surface area contributed by atoms with E-state index >= 15 is 0 Å². The van der Waals surface area contributed by atoms with Crippen LogP contribution in [-0.4, -0.2) is 38.0 Å². The van der Waals surface area contributed by atoms with Crippen molar-refractivity contribution in [3.63, 3.8) is 0 Å². The van der Waals surface area contributed by atoms with Gasteiger partial charge in [-0.3, -0.25) is 0 Å². The zero-order valence-corrected chi connectivity index (χ0v) is 9.22. The minimum atomic E-state index is -3.67. The SMILES string of the molecule is O=S(=O)(COc1ccccc1)NCB(O)O. The van der Waals surface area contributed by atoms with Gasteiger partial charge in [-0.2, -0.15) is 0 Å². The van der Waals surface area contributed by atoms with Crippen LogP contribution in [0, 0.1) is 0 Å². The lowest BCUT2D eigenvalue weighted by molar-refractivity contribution is 0.372. The molecule has 1 aromatic carbocycles. The third kappa shape index (κ3) is 5.12. The highest BCUT2D eigenvalue weighted by Crippen LogP contribution is 2.08. The molecule has 0 aliphatic carbocycles. The van der Waals surface area contributed by atoms with Gasteiger partial charge in [-0.25, -0.2) is 13.1 Å². The van der Waals surface area contributed by atoms with E-state index in [9.17, 15) is 8.42 Å². The molecule has 0 heterocycles. The summed E-state index contributed by atoms with van der Waals surface area (Å²) in [6.07, 6.45) is -0.458. The predicted octanol–water partition coefficient (Wildman–Crippen LogP) is -1.05. The van der Waals surface area contributed by atoms with Crippen molar-refractivity contribution >= 4 is 17.1 Å². The van der Waals surface area contributed by atoms with Gasteiger partial charge in [-0.05, 0) is 12.1 Å². The summed E-state index contributed by atoms with van der Waals surface area (Å²) >= 11 is 0. The fourth-order valence-electron chi connectivity index (χ4n) is 0.906. The Labute approximate surface area is 94.1 Å². The Kier molecular flexibility index (Phi) is 4.75. The molecule has 3 N–H and O–H groups in total. The van der Waals surface area contributed by atoms with Gasteiger partial charge in [0, 0.05) is 6.44 Å². The summed E-state index contributed by atoms with van der Waals surface area (Å²) in [6, 6.07) is 8.45. The first-order valence-corrected chi connectivity index (χ1v) is 6.16. The number of hydrogen-bond acceptors (Lipinski definition) is 5. The third-order valence-electron chi connectivity index (χ3n) is 1.61. The topological polar surface area (TPSA) is 95.9 Å². The van der Waals surface area contributed by atoms with Gasteiger partial charge in [0.05, 0.1) is 0 Å². The maximum atomic E-state index is 11.2. The second-order valence-corrected chi connectivity index (χ2v) is 4.77. The Balaban J connectivity index is 2.42. The van der Waals surface area contributed by atoms with E-state index in [0.29, 0.717) is 5.75 Å². The van der Waals surface area contributed by atoms with Gasteiger partial charge in [0.15, 0.2) is 0 Å². The van der Waals surface area contributed by atoms with Crippen LogP contribution in [0.15, 0.2) is 30.3 Å². The molecular formula is C8H12BNO5S. The molecular weight excluding hydrogens is 233 g/mol. The van der Waals surface area contributed by atoms with Gasteiger partial charge in [-0.15, -0.1) is 0 Å². The molecule has 0 aliphatic heterocycles. The van der Waals surface area contributed by atoms with Gasteiger partial charge in [0.2, 0.25) is 16.0 Å². The summed E-state index contributed by atoms with van der Waals surface area (Å²) in [5.41, 5.74) is 0. The van der Waals surface area contributed by atoms with E-state index < -0.39 is 29.5 Å². The summed E-state index contributed by atoms with van der Waals surface area (Å²) in [5.74, 6) is -0.138. The van der Waals surface area contributed by atoms with Crippen LogP contribution in [0.5, 0.6) is 5.75 Å². The third-order valence-corrected chi connectivity index (χ3v) is 2.64. The zero-order valence-electron chi connectivity index (χ0n) is 8.41. The monoisotopic (exact) mass is 245 g/mol. The molecule has 88 valence electrons. The first kappa shape index (κ1) is 13.0. The number of ether oxygens (including phenoxy) is 1. The number of benzene rings is 1. The van der Waals surface area contributed by atoms with Crippen LogP contribution in [0.1, 0.15) is 0 Å². The molecule has 16 heavy (non-hydrogen) atoms. The van der Waals surface area contributed by atoms with E-state index in [1.165, 1.54) is 0 Å². The van der Waals surface area contributed by atoms with Crippen LogP contribution < -0.4 is 9.46 Å². The van der Waals surface area contributed by atoms with Crippen LogP contribution in [0.2, 0.25) is 0 Å². The highest BCUT2D eigenvalue weighted by atomic mass is 32.2. The second-order valence-electron chi connectivity index (χ2n) is 3.02. The van der Waals surface area contributed by atoms with Gasteiger partial charge in [0.25, 0.3) is 0 Å². The molecule has 1 aromatic rings. The first-order chi connectivity index (χ1) is 7.49. The Bertz CT molecular complexity index is 408. The summed E-state index contributed by atoms with van der Waals surface area (Å²) in [4.78, 5) is 0. The molecule has 0 saturated carbocycles. The van der Waals surface area contributed by atoms with Crippen molar-refractivity contribution in [2.45, 2.75) is 0 Å². The van der Waals surface area contributed by atoms with Crippen molar-refractivity contribution in [2.75, 3.05) is 12.4 Å². The molecule has 0 saturated heterocycles. The standard InChI is InChI=1S/C8H12BNO5S/c11-9(12)6-10-16(13,14)7-15-8-4-2-1-3-5-8/h1-5,10-12H,6-7H2. The number of nitrogens with one attached hydrogen (secondary N) is 1. The minimum absolute atomic E-state index is 0.428. The maximum absolute atomic E-state index is 11.2. The average molecular weight is 245 g/mol. The Morgan fingerprint density at radius 1 is 1.25 bits per heavy atom. The van der Waals surface area contributed by atoms with Gasteiger partial charge >= 0.3 is 7.12 Å². The highest BCUT2D eigenvalue weighted by molar-refractivity contribution is 7.89. The summed E-state index contributed by atoms with van der Waals surface area (Å²) in [6.45, 7) is 0. The molecule has 8 heteroatoms. The number of para-hydroxylation sites is 1. The van der Waals surface area contributed by atoms with Crippen molar-refractivity contribution in [3.05, 3.63) is 30.3 Å². The molecule has 0 spiro atoms. The highest BCUT2D eigenvalue weighted by Gasteiger charge is 2.15. The molecule has 0 fully saturated rings. The molecule has 1 rings (SSSR count). The lowest BCUT2D eigenvalue weighted by atomic mass is 9.94. The Hall–Kier alpha value is -1.09.